The van der Waals surface area contributed by atoms with Gasteiger partial charge < -0.3 is 5.73 Å². The van der Waals surface area contributed by atoms with Gasteiger partial charge in [-0.25, -0.2) is 0 Å². The third-order valence-corrected chi connectivity index (χ3v) is 1.78. The second-order valence-electron chi connectivity index (χ2n) is 2.78. The number of anilines is 1. The summed E-state index contributed by atoms with van der Waals surface area (Å²) in [5.74, 6) is 0. The van der Waals surface area contributed by atoms with Crippen molar-refractivity contribution in [3.8, 4) is 6.07 Å². The van der Waals surface area contributed by atoms with Crippen LogP contribution in [0.25, 0.3) is 0 Å². The molecule has 1 rings (SSSR count). The van der Waals surface area contributed by atoms with Crippen LogP contribution < -0.4 is 5.73 Å². The summed E-state index contributed by atoms with van der Waals surface area (Å²) in [4.78, 5) is 0. The molecule has 14 heavy (non-hydrogen) atoms. The summed E-state index contributed by atoms with van der Waals surface area (Å²) in [6, 6.07) is 7.70. The Balaban J connectivity index is 0.000000791. The average molecular weight is 190 g/mol. The third kappa shape index (κ3) is 3.49. The Morgan fingerprint density at radius 1 is 1.36 bits per heavy atom. The fourth-order valence-electron chi connectivity index (χ4n) is 1.14. The summed E-state index contributed by atoms with van der Waals surface area (Å²) < 4.78 is 0. The van der Waals surface area contributed by atoms with E-state index in [1.54, 1.807) is 6.07 Å². The lowest BCUT2D eigenvalue weighted by atomic mass is 10.1. The molecule has 1 aromatic rings. The van der Waals surface area contributed by atoms with Crippen LogP contribution in [0.3, 0.4) is 0 Å². The Bertz CT molecular complexity index is 311. The number of hydrogen-bond donors (Lipinski definition) is 1. The molecule has 0 unspecified atom stereocenters. The molecule has 1 aromatic carbocycles. The van der Waals surface area contributed by atoms with E-state index in [-0.39, 0.29) is 0 Å². The molecular formula is C12H18N2. The number of nitriles is 1. The molecule has 0 saturated carbocycles. The summed E-state index contributed by atoms with van der Waals surface area (Å²) in [6.07, 6.45) is 2.10. The van der Waals surface area contributed by atoms with Crippen LogP contribution in [0, 0.1) is 11.3 Å². The van der Waals surface area contributed by atoms with Gasteiger partial charge in [0.2, 0.25) is 0 Å². The van der Waals surface area contributed by atoms with Gasteiger partial charge in [0, 0.05) is 5.69 Å². The van der Waals surface area contributed by atoms with Gasteiger partial charge >= 0.3 is 0 Å². The van der Waals surface area contributed by atoms with E-state index in [1.807, 2.05) is 26.0 Å². The molecule has 2 heteroatoms. The highest BCUT2D eigenvalue weighted by Gasteiger charge is 1.98. The van der Waals surface area contributed by atoms with Gasteiger partial charge in [0.25, 0.3) is 0 Å². The molecule has 0 fully saturated rings. The molecule has 76 valence electrons. The minimum Gasteiger partial charge on any atom is -0.398 e. The molecule has 0 saturated heterocycles. The van der Waals surface area contributed by atoms with E-state index >= 15 is 0 Å². The molecule has 2 nitrogen and oxygen atoms in total. The number of aryl methyl sites for hydroxylation is 1. The minimum absolute atomic E-state index is 0.567. The van der Waals surface area contributed by atoms with Crippen molar-refractivity contribution in [2.24, 2.45) is 0 Å². The van der Waals surface area contributed by atoms with Crippen LogP contribution in [0.15, 0.2) is 18.2 Å². The summed E-state index contributed by atoms with van der Waals surface area (Å²) in [7, 11) is 0. The van der Waals surface area contributed by atoms with Crippen molar-refractivity contribution in [3.63, 3.8) is 0 Å². The van der Waals surface area contributed by atoms with Crippen molar-refractivity contribution in [1.29, 1.82) is 5.26 Å². The Morgan fingerprint density at radius 2 is 2.00 bits per heavy atom. The maximum atomic E-state index is 8.68. The van der Waals surface area contributed by atoms with E-state index in [1.165, 1.54) is 5.56 Å². The molecule has 0 atom stereocenters. The molecule has 0 aromatic heterocycles. The molecule has 0 aliphatic heterocycles. The highest BCUT2D eigenvalue weighted by molar-refractivity contribution is 5.55. The standard InChI is InChI=1S/C10H12N2.C2H6/c1-2-3-8-4-5-10(12)9(6-8)7-11;1-2/h4-6H,2-3,12H2,1H3;1-2H3. The zero-order chi connectivity index (χ0) is 11.0. The summed E-state index contributed by atoms with van der Waals surface area (Å²) in [5, 5.41) is 8.68. The predicted molar refractivity (Wildman–Crippen MR) is 60.9 cm³/mol. The Labute approximate surface area is 86.4 Å². The van der Waals surface area contributed by atoms with Crippen molar-refractivity contribution in [1.82, 2.24) is 0 Å². The smallest absolute Gasteiger partial charge is 0.101 e. The van der Waals surface area contributed by atoms with E-state index in [0.29, 0.717) is 11.3 Å². The summed E-state index contributed by atoms with van der Waals surface area (Å²) in [5.41, 5.74) is 7.91. The molecule has 0 amide bonds. The Hall–Kier alpha value is -1.49. The van der Waals surface area contributed by atoms with Gasteiger partial charge in [0.15, 0.2) is 0 Å². The fourth-order valence-corrected chi connectivity index (χ4v) is 1.14. The number of nitrogens with two attached hydrogens (primary N) is 1. The maximum Gasteiger partial charge on any atom is 0.101 e. The molecule has 0 aliphatic carbocycles. The van der Waals surface area contributed by atoms with Crippen molar-refractivity contribution in [2.75, 3.05) is 5.73 Å². The first kappa shape index (κ1) is 12.5. The molecule has 0 spiro atoms. The molecule has 0 heterocycles. The minimum atomic E-state index is 0.567. The predicted octanol–water partition coefficient (Wildman–Crippen LogP) is 3.12. The maximum absolute atomic E-state index is 8.68. The van der Waals surface area contributed by atoms with Crippen LogP contribution in [-0.2, 0) is 6.42 Å². The van der Waals surface area contributed by atoms with E-state index in [4.69, 9.17) is 11.0 Å². The molecule has 2 N–H and O–H groups in total. The van der Waals surface area contributed by atoms with Crippen molar-refractivity contribution < 1.29 is 0 Å². The second-order valence-corrected chi connectivity index (χ2v) is 2.78. The summed E-state index contributed by atoms with van der Waals surface area (Å²) in [6.45, 7) is 6.11. The van der Waals surface area contributed by atoms with Crippen LogP contribution >= 0.6 is 0 Å². The van der Waals surface area contributed by atoms with Gasteiger partial charge in [0.1, 0.15) is 6.07 Å². The monoisotopic (exact) mass is 190 g/mol. The van der Waals surface area contributed by atoms with Crippen molar-refractivity contribution in [2.45, 2.75) is 33.6 Å². The second kappa shape index (κ2) is 6.97. The SMILES string of the molecule is CC.CCCc1ccc(N)c(C#N)c1. The molecule has 0 radical (unpaired) electrons. The van der Waals surface area contributed by atoms with Crippen LogP contribution in [0.5, 0.6) is 0 Å². The lowest BCUT2D eigenvalue weighted by molar-refractivity contribution is 0.921. The van der Waals surface area contributed by atoms with Gasteiger partial charge in [-0.3, -0.25) is 0 Å². The quantitative estimate of drug-likeness (QED) is 0.728. The lowest BCUT2D eigenvalue weighted by Gasteiger charge is -2.00. The highest BCUT2D eigenvalue weighted by atomic mass is 14.6. The van der Waals surface area contributed by atoms with Crippen molar-refractivity contribution in [3.05, 3.63) is 29.3 Å². The topological polar surface area (TPSA) is 49.8 Å². The first-order valence-electron chi connectivity index (χ1n) is 5.06. The summed E-state index contributed by atoms with van der Waals surface area (Å²) >= 11 is 0. The normalized spacial score (nSPS) is 8.43. The van der Waals surface area contributed by atoms with Crippen LogP contribution in [0.4, 0.5) is 5.69 Å². The van der Waals surface area contributed by atoms with E-state index in [2.05, 4.69) is 13.0 Å². The number of nitrogens with zero attached hydrogens (tertiary/aromatic N) is 1. The lowest BCUT2D eigenvalue weighted by Crippen LogP contribution is -1.92. The van der Waals surface area contributed by atoms with Gasteiger partial charge in [-0.2, -0.15) is 5.26 Å². The average Bonchev–Trinajstić information content (AvgIpc) is 2.24. The van der Waals surface area contributed by atoms with E-state index in [0.717, 1.165) is 12.8 Å². The van der Waals surface area contributed by atoms with E-state index in [9.17, 15) is 0 Å². The fraction of sp³-hybridized carbons (Fsp3) is 0.417. The molecular weight excluding hydrogens is 172 g/mol. The van der Waals surface area contributed by atoms with Crippen LogP contribution in [-0.4, -0.2) is 0 Å². The molecule has 0 aliphatic rings. The van der Waals surface area contributed by atoms with E-state index < -0.39 is 0 Å². The first-order chi connectivity index (χ1) is 6.77. The highest BCUT2D eigenvalue weighted by Crippen LogP contribution is 2.13. The third-order valence-electron chi connectivity index (χ3n) is 1.78. The van der Waals surface area contributed by atoms with Crippen LogP contribution in [0.1, 0.15) is 38.3 Å². The Kier molecular flexibility index (Phi) is 6.22. The van der Waals surface area contributed by atoms with Crippen molar-refractivity contribution >= 4 is 5.69 Å². The zero-order valence-electron chi connectivity index (χ0n) is 9.17. The van der Waals surface area contributed by atoms with Gasteiger partial charge in [-0.1, -0.05) is 33.3 Å². The van der Waals surface area contributed by atoms with Gasteiger partial charge in [0.05, 0.1) is 5.56 Å². The Morgan fingerprint density at radius 3 is 2.50 bits per heavy atom. The zero-order valence-corrected chi connectivity index (χ0v) is 9.17. The molecule has 0 bridgehead atoms. The number of benzene rings is 1. The number of nitrogen functional groups attached to an aromatic ring is 1. The van der Waals surface area contributed by atoms with Crippen LogP contribution in [0.2, 0.25) is 0 Å². The van der Waals surface area contributed by atoms with Gasteiger partial charge in [-0.15, -0.1) is 0 Å². The first-order valence-corrected chi connectivity index (χ1v) is 5.06. The number of rotatable bonds is 2. The number of hydrogen-bond acceptors (Lipinski definition) is 2. The van der Waals surface area contributed by atoms with Gasteiger partial charge in [-0.05, 0) is 24.1 Å². The largest absolute Gasteiger partial charge is 0.398 e.